The molecule has 1 amide bonds. The van der Waals surface area contributed by atoms with Gasteiger partial charge in [-0.2, -0.15) is 0 Å². The SMILES string of the molecule is CCCCc1cc(Cl)ccc1C1COc2ccc3cc2N(C1)CC1CCC1C(CO)(CO)CCCC(C)C(C)S(=O)NC3=O. The molecule has 0 spiro atoms. The van der Waals surface area contributed by atoms with E-state index in [-0.39, 0.29) is 42.1 Å². The Bertz CT molecular complexity index is 1330. The molecule has 2 heterocycles. The maximum absolute atomic E-state index is 13.4. The molecule has 0 aromatic heterocycles. The van der Waals surface area contributed by atoms with Crippen LogP contribution < -0.4 is 14.4 Å². The Balaban J connectivity index is 1.54. The van der Waals surface area contributed by atoms with Crippen molar-refractivity contribution in [3.63, 3.8) is 0 Å². The third kappa shape index (κ3) is 6.98. The van der Waals surface area contributed by atoms with E-state index in [0.29, 0.717) is 24.6 Å². The molecule has 242 valence electrons. The maximum atomic E-state index is 13.4. The first-order chi connectivity index (χ1) is 21.2. The number of nitrogens with zero attached hydrogens (tertiary/aromatic N) is 1. The molecule has 7 nitrogen and oxygen atoms in total. The Morgan fingerprint density at radius 3 is 2.59 bits per heavy atom. The molecule has 6 unspecified atom stereocenters. The van der Waals surface area contributed by atoms with Crippen LogP contribution in [-0.2, 0) is 17.4 Å². The van der Waals surface area contributed by atoms with Crippen molar-refractivity contribution >= 4 is 34.2 Å². The number of benzene rings is 2. The van der Waals surface area contributed by atoms with E-state index in [1.165, 1.54) is 11.1 Å². The van der Waals surface area contributed by atoms with Crippen molar-refractivity contribution in [2.75, 3.05) is 37.8 Å². The molecule has 3 aliphatic rings. The summed E-state index contributed by atoms with van der Waals surface area (Å²) in [4.78, 5) is 15.7. The smallest absolute Gasteiger partial charge is 0.263 e. The summed E-state index contributed by atoms with van der Waals surface area (Å²) in [6, 6.07) is 11.7. The molecular formula is C35H49ClN2O5S. The topological polar surface area (TPSA) is 99.1 Å². The predicted molar refractivity (Wildman–Crippen MR) is 178 cm³/mol. The normalized spacial score (nSPS) is 29.0. The molecule has 6 atom stereocenters. The van der Waals surface area contributed by atoms with Crippen molar-refractivity contribution in [1.82, 2.24) is 4.72 Å². The van der Waals surface area contributed by atoms with Crippen LogP contribution in [-0.4, -0.2) is 58.5 Å². The number of anilines is 1. The molecule has 0 saturated heterocycles. The molecule has 5 rings (SSSR count). The van der Waals surface area contributed by atoms with Crippen LogP contribution in [0.15, 0.2) is 36.4 Å². The average Bonchev–Trinajstić information content (AvgIpc) is 3.19. The Hall–Kier alpha value is -2.13. The van der Waals surface area contributed by atoms with E-state index in [0.717, 1.165) is 74.4 Å². The number of aryl methyl sites for hydroxylation is 1. The van der Waals surface area contributed by atoms with Gasteiger partial charge in [-0.1, -0.05) is 44.4 Å². The van der Waals surface area contributed by atoms with Gasteiger partial charge in [0, 0.05) is 35.0 Å². The van der Waals surface area contributed by atoms with Gasteiger partial charge >= 0.3 is 0 Å². The van der Waals surface area contributed by atoms with Gasteiger partial charge in [0.25, 0.3) is 5.91 Å². The Morgan fingerprint density at radius 2 is 1.89 bits per heavy atom. The number of hydrogen-bond donors (Lipinski definition) is 3. The second-order valence-electron chi connectivity index (χ2n) is 13.5. The summed E-state index contributed by atoms with van der Waals surface area (Å²) in [5.41, 5.74) is 3.25. The summed E-state index contributed by atoms with van der Waals surface area (Å²) < 4.78 is 22.4. The minimum Gasteiger partial charge on any atom is -0.491 e. The summed E-state index contributed by atoms with van der Waals surface area (Å²) >= 11 is 6.45. The summed E-state index contributed by atoms with van der Waals surface area (Å²) in [7, 11) is -1.55. The molecular weight excluding hydrogens is 596 g/mol. The van der Waals surface area contributed by atoms with E-state index in [1.54, 1.807) is 6.07 Å². The molecule has 9 heteroatoms. The number of aliphatic hydroxyl groups is 2. The highest BCUT2D eigenvalue weighted by Gasteiger charge is 2.47. The zero-order chi connectivity index (χ0) is 31.4. The molecule has 2 bridgehead atoms. The van der Waals surface area contributed by atoms with Crippen LogP contribution >= 0.6 is 11.6 Å². The molecule has 0 radical (unpaired) electrons. The van der Waals surface area contributed by atoms with E-state index >= 15 is 0 Å². The van der Waals surface area contributed by atoms with Crippen molar-refractivity contribution in [3.05, 3.63) is 58.1 Å². The van der Waals surface area contributed by atoms with E-state index in [2.05, 4.69) is 35.6 Å². The largest absolute Gasteiger partial charge is 0.491 e. The van der Waals surface area contributed by atoms with Crippen LogP contribution in [0, 0.1) is 23.2 Å². The van der Waals surface area contributed by atoms with E-state index in [4.69, 9.17) is 16.3 Å². The van der Waals surface area contributed by atoms with Crippen molar-refractivity contribution in [1.29, 1.82) is 0 Å². The van der Waals surface area contributed by atoms with Crippen molar-refractivity contribution in [2.24, 2.45) is 23.2 Å². The van der Waals surface area contributed by atoms with Crippen molar-refractivity contribution < 1.29 is 24.0 Å². The lowest BCUT2D eigenvalue weighted by molar-refractivity contribution is -0.0664. The number of hydrogen-bond acceptors (Lipinski definition) is 6. The molecule has 2 aromatic rings. The van der Waals surface area contributed by atoms with Gasteiger partial charge in [-0.3, -0.25) is 9.52 Å². The number of rotatable bonds is 6. The first-order valence-electron chi connectivity index (χ1n) is 16.4. The summed E-state index contributed by atoms with van der Waals surface area (Å²) in [5.74, 6) is 1.06. The number of halogens is 1. The highest BCUT2D eigenvalue weighted by Crippen LogP contribution is 2.50. The number of aliphatic hydroxyl groups excluding tert-OH is 2. The lowest BCUT2D eigenvalue weighted by Crippen LogP contribution is -2.50. The van der Waals surface area contributed by atoms with Gasteiger partial charge in [0.05, 0.1) is 30.8 Å². The highest BCUT2D eigenvalue weighted by molar-refractivity contribution is 7.84. The third-order valence-corrected chi connectivity index (χ3v) is 12.5. The van der Waals surface area contributed by atoms with Gasteiger partial charge in [-0.15, -0.1) is 0 Å². The second-order valence-corrected chi connectivity index (χ2v) is 15.4. The summed E-state index contributed by atoms with van der Waals surface area (Å²) in [5, 5.41) is 21.9. The van der Waals surface area contributed by atoms with Gasteiger partial charge in [0.15, 0.2) is 0 Å². The highest BCUT2D eigenvalue weighted by atomic mass is 35.5. The molecule has 1 aliphatic carbocycles. The molecule has 2 aromatic carbocycles. The van der Waals surface area contributed by atoms with E-state index in [9.17, 15) is 19.2 Å². The fourth-order valence-electron chi connectivity index (χ4n) is 7.52. The summed E-state index contributed by atoms with van der Waals surface area (Å²) in [6.45, 7) is 8.01. The van der Waals surface area contributed by atoms with Crippen LogP contribution in [0.3, 0.4) is 0 Å². The van der Waals surface area contributed by atoms with Crippen molar-refractivity contribution in [2.45, 2.75) is 83.3 Å². The maximum Gasteiger partial charge on any atom is 0.263 e. The van der Waals surface area contributed by atoms with E-state index < -0.39 is 16.4 Å². The number of nitrogens with one attached hydrogen (secondary N) is 1. The Morgan fingerprint density at radius 1 is 1.09 bits per heavy atom. The number of ether oxygens (including phenoxy) is 1. The van der Waals surface area contributed by atoms with Crippen molar-refractivity contribution in [3.8, 4) is 5.75 Å². The van der Waals surface area contributed by atoms with Gasteiger partial charge in [0.2, 0.25) is 0 Å². The van der Waals surface area contributed by atoms with E-state index in [1.807, 2.05) is 25.1 Å². The minimum absolute atomic E-state index is 0.0470. The van der Waals surface area contributed by atoms with Crippen LogP contribution in [0.2, 0.25) is 5.02 Å². The summed E-state index contributed by atoms with van der Waals surface area (Å²) in [6.07, 6.45) is 7.48. The predicted octanol–water partition coefficient (Wildman–Crippen LogP) is 6.26. The monoisotopic (exact) mass is 644 g/mol. The third-order valence-electron chi connectivity index (χ3n) is 10.7. The fourth-order valence-corrected chi connectivity index (χ4v) is 8.76. The van der Waals surface area contributed by atoms with Crippen LogP contribution in [0.25, 0.3) is 0 Å². The molecule has 1 saturated carbocycles. The molecule has 3 N–H and O–H groups in total. The molecule has 44 heavy (non-hydrogen) atoms. The second kappa shape index (κ2) is 14.5. The first-order valence-corrected chi connectivity index (χ1v) is 18.0. The molecule has 1 fully saturated rings. The van der Waals surface area contributed by atoms with Gasteiger partial charge < -0.3 is 19.8 Å². The van der Waals surface area contributed by atoms with Crippen LogP contribution in [0.5, 0.6) is 5.75 Å². The Labute approximate surface area is 270 Å². The lowest BCUT2D eigenvalue weighted by atomic mass is 9.57. The van der Waals surface area contributed by atoms with Gasteiger partial charge in [-0.05, 0) is 105 Å². The quantitative estimate of drug-likeness (QED) is 0.343. The fraction of sp³-hybridized carbons (Fsp3) is 0.629. The van der Waals surface area contributed by atoms with Crippen LogP contribution in [0.4, 0.5) is 5.69 Å². The number of amides is 1. The number of fused-ring (bicyclic) bond motifs is 2. The standard InChI is InChI=1S/C35H49ClN2O5S/c1-4-5-8-25-16-29(36)11-12-30(25)28-19-38-18-27-9-13-31(27)35(21-39,22-40)15-6-7-23(2)24(3)44(42)37-34(41)26-10-14-33(43-20-28)32(38)17-26/h10-12,14,16-17,23-24,27-28,31,39-40H,4-9,13,15,18-22H2,1-3H3,(H,37,41). The van der Waals surface area contributed by atoms with Gasteiger partial charge in [0.1, 0.15) is 16.7 Å². The average molecular weight is 645 g/mol. The zero-order valence-electron chi connectivity index (χ0n) is 26.4. The number of unbranched alkanes of at least 4 members (excludes halogenated alkanes) is 1. The number of carbonyl (C=O) groups excluding carboxylic acids is 1. The minimum atomic E-state index is -1.55. The zero-order valence-corrected chi connectivity index (χ0v) is 28.0. The van der Waals surface area contributed by atoms with Gasteiger partial charge in [-0.25, -0.2) is 4.21 Å². The lowest BCUT2D eigenvalue weighted by Gasteiger charge is -2.51. The Kier molecular flexibility index (Phi) is 11.0. The molecule has 2 aliphatic heterocycles. The first kappa shape index (κ1) is 33.2. The van der Waals surface area contributed by atoms with Crippen LogP contribution in [0.1, 0.15) is 93.1 Å². The number of carbonyl (C=O) groups is 1.